The van der Waals surface area contributed by atoms with Crippen molar-refractivity contribution in [1.82, 2.24) is 19.9 Å². The Labute approximate surface area is 104 Å². The molecule has 0 radical (unpaired) electrons. The Bertz CT molecular complexity index is 623. The molecule has 18 heavy (non-hydrogen) atoms. The first-order valence-electron chi connectivity index (χ1n) is 5.22. The molecule has 8 heteroatoms. The summed E-state index contributed by atoms with van der Waals surface area (Å²) in [6.07, 6.45) is 4.40. The molecular formula is C10H13N5O2S. The molecule has 0 spiro atoms. The van der Waals surface area contributed by atoms with E-state index in [0.717, 1.165) is 5.56 Å². The van der Waals surface area contributed by atoms with E-state index in [0.29, 0.717) is 0 Å². The van der Waals surface area contributed by atoms with Gasteiger partial charge in [-0.15, -0.1) is 0 Å². The van der Waals surface area contributed by atoms with E-state index in [1.54, 1.807) is 31.5 Å². The fourth-order valence-corrected chi connectivity index (χ4v) is 2.75. The summed E-state index contributed by atoms with van der Waals surface area (Å²) in [5, 5.41) is 5.97. The second-order valence-electron chi connectivity index (χ2n) is 3.78. The van der Waals surface area contributed by atoms with Crippen molar-refractivity contribution in [3.8, 4) is 0 Å². The summed E-state index contributed by atoms with van der Waals surface area (Å²) in [6.45, 7) is 1.73. The predicted molar refractivity (Wildman–Crippen MR) is 66.0 cm³/mol. The lowest BCUT2D eigenvalue weighted by Crippen LogP contribution is -2.27. The Kier molecular flexibility index (Phi) is 3.30. The molecule has 0 aliphatic rings. The van der Waals surface area contributed by atoms with Gasteiger partial charge >= 0.3 is 0 Å². The minimum atomic E-state index is -3.69. The maximum Gasteiger partial charge on any atom is 0.246 e. The first-order chi connectivity index (χ1) is 8.50. The number of anilines is 1. The molecule has 7 nitrogen and oxygen atoms in total. The van der Waals surface area contributed by atoms with Gasteiger partial charge in [-0.2, -0.15) is 5.10 Å². The molecule has 0 aliphatic carbocycles. The smallest absolute Gasteiger partial charge is 0.246 e. The highest BCUT2D eigenvalue weighted by molar-refractivity contribution is 7.89. The van der Waals surface area contributed by atoms with E-state index in [9.17, 15) is 8.42 Å². The predicted octanol–water partition coefficient (Wildman–Crippen LogP) is 0.426. The summed E-state index contributed by atoms with van der Waals surface area (Å²) in [5.74, 6) is 0.0147. The number of aromatic nitrogens is 3. The van der Waals surface area contributed by atoms with Crippen molar-refractivity contribution >= 4 is 15.8 Å². The summed E-state index contributed by atoms with van der Waals surface area (Å²) in [7, 11) is -3.69. The fourth-order valence-electron chi connectivity index (χ4n) is 1.50. The molecule has 0 aliphatic heterocycles. The monoisotopic (exact) mass is 267 g/mol. The lowest BCUT2D eigenvalue weighted by atomic mass is 10.2. The summed E-state index contributed by atoms with van der Waals surface area (Å²) in [5.41, 5.74) is 6.26. The molecule has 0 fully saturated rings. The van der Waals surface area contributed by atoms with Crippen molar-refractivity contribution in [2.45, 2.75) is 17.9 Å². The molecule has 2 aromatic heterocycles. The quantitative estimate of drug-likeness (QED) is 0.743. The van der Waals surface area contributed by atoms with Crippen LogP contribution < -0.4 is 10.5 Å². The van der Waals surface area contributed by atoms with Crippen LogP contribution in [0.1, 0.15) is 18.5 Å². The Morgan fingerprint density at radius 1 is 1.44 bits per heavy atom. The highest BCUT2D eigenvalue weighted by atomic mass is 32.2. The van der Waals surface area contributed by atoms with Gasteiger partial charge in [0, 0.05) is 18.4 Å². The lowest BCUT2D eigenvalue weighted by Gasteiger charge is -2.13. The number of nitrogen functional groups attached to an aromatic ring is 1. The minimum Gasteiger partial charge on any atom is -0.383 e. The van der Waals surface area contributed by atoms with Crippen LogP contribution >= 0.6 is 0 Å². The van der Waals surface area contributed by atoms with E-state index in [-0.39, 0.29) is 10.7 Å². The highest BCUT2D eigenvalue weighted by Crippen LogP contribution is 2.18. The van der Waals surface area contributed by atoms with Crippen molar-refractivity contribution in [2.75, 3.05) is 5.73 Å². The normalized spacial score (nSPS) is 13.4. The fraction of sp³-hybridized carbons (Fsp3) is 0.200. The number of sulfonamides is 1. The summed E-state index contributed by atoms with van der Waals surface area (Å²) in [6, 6.07) is 3.13. The molecule has 2 aromatic rings. The van der Waals surface area contributed by atoms with Crippen LogP contribution in [0.2, 0.25) is 0 Å². The standard InChI is InChI=1S/C10H13N5O2S/c1-7(8-3-2-4-12-5-8)15-18(16,17)9-6-13-14-10(9)11/h2-7,15H,1H3,(H3,11,13,14). The summed E-state index contributed by atoms with van der Waals surface area (Å²) >= 11 is 0. The second-order valence-corrected chi connectivity index (χ2v) is 5.46. The van der Waals surface area contributed by atoms with Crippen molar-refractivity contribution in [3.63, 3.8) is 0 Å². The molecule has 1 unspecified atom stereocenters. The van der Waals surface area contributed by atoms with Crippen LogP contribution in [0.3, 0.4) is 0 Å². The second kappa shape index (κ2) is 4.75. The number of hydrogen-bond acceptors (Lipinski definition) is 5. The largest absolute Gasteiger partial charge is 0.383 e. The third-order valence-corrected chi connectivity index (χ3v) is 4.01. The third kappa shape index (κ3) is 2.49. The van der Waals surface area contributed by atoms with Gasteiger partial charge in [0.05, 0.1) is 6.20 Å². The van der Waals surface area contributed by atoms with Crippen LogP contribution in [0.4, 0.5) is 5.82 Å². The van der Waals surface area contributed by atoms with Gasteiger partial charge < -0.3 is 5.73 Å². The molecule has 96 valence electrons. The van der Waals surface area contributed by atoms with Crippen LogP contribution in [-0.4, -0.2) is 23.6 Å². The topological polar surface area (TPSA) is 114 Å². The molecule has 2 rings (SSSR count). The third-order valence-electron chi connectivity index (χ3n) is 2.44. The number of aromatic amines is 1. The zero-order valence-corrected chi connectivity index (χ0v) is 10.5. The van der Waals surface area contributed by atoms with Crippen molar-refractivity contribution < 1.29 is 8.42 Å². The first kappa shape index (κ1) is 12.5. The maximum absolute atomic E-state index is 12.0. The van der Waals surface area contributed by atoms with Gasteiger partial charge in [-0.05, 0) is 18.6 Å². The first-order valence-corrected chi connectivity index (χ1v) is 6.70. The number of H-pyrrole nitrogens is 1. The molecule has 2 heterocycles. The average molecular weight is 267 g/mol. The highest BCUT2D eigenvalue weighted by Gasteiger charge is 2.22. The van der Waals surface area contributed by atoms with Gasteiger partial charge in [0.15, 0.2) is 0 Å². The van der Waals surface area contributed by atoms with Crippen LogP contribution in [-0.2, 0) is 10.0 Å². The number of nitrogens with zero attached hydrogens (tertiary/aromatic N) is 2. The van der Waals surface area contributed by atoms with E-state index in [4.69, 9.17) is 5.73 Å². The zero-order chi connectivity index (χ0) is 13.2. The molecule has 0 saturated carbocycles. The van der Waals surface area contributed by atoms with Crippen molar-refractivity contribution in [2.24, 2.45) is 0 Å². The molecular weight excluding hydrogens is 254 g/mol. The molecule has 1 atom stereocenters. The van der Waals surface area contributed by atoms with Gasteiger partial charge in [-0.1, -0.05) is 6.07 Å². The average Bonchev–Trinajstić information content (AvgIpc) is 2.77. The molecule has 0 amide bonds. The Morgan fingerprint density at radius 3 is 2.78 bits per heavy atom. The SMILES string of the molecule is CC(NS(=O)(=O)c1cn[nH]c1N)c1cccnc1. The lowest BCUT2D eigenvalue weighted by molar-refractivity contribution is 0.567. The van der Waals surface area contributed by atoms with Gasteiger partial charge in [0.25, 0.3) is 0 Å². The summed E-state index contributed by atoms with van der Waals surface area (Å²) < 4.78 is 26.6. The molecule has 4 N–H and O–H groups in total. The Hall–Kier alpha value is -1.93. The number of nitrogens with two attached hydrogens (primary N) is 1. The Balaban J connectivity index is 2.22. The number of rotatable bonds is 4. The van der Waals surface area contributed by atoms with Crippen LogP contribution in [0.15, 0.2) is 35.6 Å². The minimum absolute atomic E-state index is 0.0147. The van der Waals surface area contributed by atoms with E-state index in [1.807, 2.05) is 0 Å². The van der Waals surface area contributed by atoms with Gasteiger partial charge in [0.2, 0.25) is 10.0 Å². The maximum atomic E-state index is 12.0. The zero-order valence-electron chi connectivity index (χ0n) is 9.66. The van der Waals surface area contributed by atoms with Crippen LogP contribution in [0, 0.1) is 0 Å². The number of hydrogen-bond donors (Lipinski definition) is 3. The van der Waals surface area contributed by atoms with E-state index >= 15 is 0 Å². The number of nitrogens with one attached hydrogen (secondary N) is 2. The van der Waals surface area contributed by atoms with E-state index in [2.05, 4.69) is 19.9 Å². The number of pyridine rings is 1. The van der Waals surface area contributed by atoms with Gasteiger partial charge in [0.1, 0.15) is 10.7 Å². The van der Waals surface area contributed by atoms with E-state index in [1.165, 1.54) is 6.20 Å². The molecule has 0 saturated heterocycles. The van der Waals surface area contributed by atoms with Crippen molar-refractivity contribution in [3.05, 3.63) is 36.3 Å². The van der Waals surface area contributed by atoms with Crippen LogP contribution in [0.5, 0.6) is 0 Å². The van der Waals surface area contributed by atoms with Gasteiger partial charge in [-0.25, -0.2) is 13.1 Å². The van der Waals surface area contributed by atoms with E-state index < -0.39 is 16.1 Å². The van der Waals surface area contributed by atoms with Gasteiger partial charge in [-0.3, -0.25) is 10.1 Å². The summed E-state index contributed by atoms with van der Waals surface area (Å²) in [4.78, 5) is 3.88. The Morgan fingerprint density at radius 2 is 2.22 bits per heavy atom. The molecule has 0 aromatic carbocycles. The van der Waals surface area contributed by atoms with Crippen molar-refractivity contribution in [1.29, 1.82) is 0 Å². The van der Waals surface area contributed by atoms with Crippen LogP contribution in [0.25, 0.3) is 0 Å². The molecule has 0 bridgehead atoms.